The zero-order valence-electron chi connectivity index (χ0n) is 13.4. The first-order valence-electron chi connectivity index (χ1n) is 8.12. The van der Waals surface area contributed by atoms with Crippen molar-refractivity contribution in [3.63, 3.8) is 0 Å². The van der Waals surface area contributed by atoms with Crippen molar-refractivity contribution >= 4 is 11.6 Å². The number of anilines is 1. The zero-order valence-corrected chi connectivity index (χ0v) is 13.4. The molecule has 116 valence electrons. The zero-order chi connectivity index (χ0) is 15.2. The van der Waals surface area contributed by atoms with Gasteiger partial charge < -0.3 is 10.2 Å². The van der Waals surface area contributed by atoms with Crippen LogP contribution in [0.2, 0.25) is 0 Å². The summed E-state index contributed by atoms with van der Waals surface area (Å²) in [6.07, 6.45) is 6.68. The van der Waals surface area contributed by atoms with Gasteiger partial charge in [-0.05, 0) is 43.7 Å². The lowest BCUT2D eigenvalue weighted by Crippen LogP contribution is -2.39. The quantitative estimate of drug-likeness (QED) is 0.905. The predicted octanol–water partition coefficient (Wildman–Crippen LogP) is 3.24. The fraction of sp³-hybridized carbons (Fsp3) is 0.647. The second-order valence-corrected chi connectivity index (χ2v) is 6.25. The number of nitrogens with zero attached hydrogens (tertiary/aromatic N) is 2. The average Bonchev–Trinajstić information content (AvgIpc) is 2.52. The van der Waals surface area contributed by atoms with Crippen molar-refractivity contribution in [3.05, 3.63) is 24.0 Å². The van der Waals surface area contributed by atoms with Crippen LogP contribution in [0.3, 0.4) is 0 Å². The van der Waals surface area contributed by atoms with Crippen LogP contribution in [-0.2, 0) is 0 Å². The van der Waals surface area contributed by atoms with Gasteiger partial charge in [-0.1, -0.05) is 20.8 Å². The fourth-order valence-corrected chi connectivity index (χ4v) is 2.87. The van der Waals surface area contributed by atoms with Gasteiger partial charge in [0.2, 0.25) is 0 Å². The van der Waals surface area contributed by atoms with E-state index in [0.717, 1.165) is 18.7 Å². The lowest BCUT2D eigenvalue weighted by Gasteiger charge is -2.37. The Hall–Kier alpha value is -1.58. The highest BCUT2D eigenvalue weighted by Gasteiger charge is 2.22. The topological polar surface area (TPSA) is 45.2 Å². The first-order chi connectivity index (χ1) is 10.1. The SMILES string of the molecule is CCC1CCCCN1c1ccnc(C(=O)NCC(C)C)c1. The normalized spacial score (nSPS) is 18.9. The van der Waals surface area contributed by atoms with Gasteiger partial charge in [-0.2, -0.15) is 0 Å². The van der Waals surface area contributed by atoms with Crippen molar-refractivity contribution < 1.29 is 4.79 Å². The molecule has 21 heavy (non-hydrogen) atoms. The maximum Gasteiger partial charge on any atom is 0.269 e. The smallest absolute Gasteiger partial charge is 0.269 e. The molecule has 1 atom stereocenters. The van der Waals surface area contributed by atoms with Crippen molar-refractivity contribution in [2.75, 3.05) is 18.0 Å². The molecule has 0 spiro atoms. The molecule has 4 heteroatoms. The van der Waals surface area contributed by atoms with Gasteiger partial charge in [0.05, 0.1) is 0 Å². The molecule has 1 aliphatic heterocycles. The molecule has 2 rings (SSSR count). The minimum absolute atomic E-state index is 0.0735. The Bertz CT molecular complexity index is 473. The summed E-state index contributed by atoms with van der Waals surface area (Å²) in [6, 6.07) is 4.55. The van der Waals surface area contributed by atoms with Gasteiger partial charge in [0, 0.05) is 31.0 Å². The van der Waals surface area contributed by atoms with Crippen LogP contribution in [0.4, 0.5) is 5.69 Å². The first kappa shape index (κ1) is 15.8. The molecule has 1 aromatic heterocycles. The summed E-state index contributed by atoms with van der Waals surface area (Å²) >= 11 is 0. The number of hydrogen-bond acceptors (Lipinski definition) is 3. The molecule has 0 saturated carbocycles. The number of pyridine rings is 1. The second-order valence-electron chi connectivity index (χ2n) is 6.25. The van der Waals surface area contributed by atoms with Crippen molar-refractivity contribution in [1.29, 1.82) is 0 Å². The Labute approximate surface area is 127 Å². The van der Waals surface area contributed by atoms with Gasteiger partial charge in [0.25, 0.3) is 5.91 Å². The number of carbonyl (C=O) groups excluding carboxylic acids is 1. The van der Waals surface area contributed by atoms with E-state index in [4.69, 9.17) is 0 Å². The molecule has 0 aromatic carbocycles. The van der Waals surface area contributed by atoms with E-state index in [9.17, 15) is 4.79 Å². The first-order valence-corrected chi connectivity index (χ1v) is 8.12. The standard InChI is InChI=1S/C17H27N3O/c1-4-14-7-5-6-10-20(14)15-8-9-18-16(11-15)17(21)19-12-13(2)3/h8-9,11,13-14H,4-7,10,12H2,1-3H3,(H,19,21). The summed E-state index contributed by atoms with van der Waals surface area (Å²) in [6.45, 7) is 8.18. The number of hydrogen-bond donors (Lipinski definition) is 1. The number of piperidine rings is 1. The summed E-state index contributed by atoms with van der Waals surface area (Å²) in [5.41, 5.74) is 1.65. The van der Waals surface area contributed by atoms with E-state index >= 15 is 0 Å². The molecule has 0 aliphatic carbocycles. The van der Waals surface area contributed by atoms with Crippen LogP contribution in [0.1, 0.15) is 56.9 Å². The van der Waals surface area contributed by atoms with Crippen LogP contribution in [0.5, 0.6) is 0 Å². The number of amides is 1. The van der Waals surface area contributed by atoms with Crippen LogP contribution in [0.15, 0.2) is 18.3 Å². The Morgan fingerprint density at radius 1 is 1.48 bits per heavy atom. The second kappa shape index (κ2) is 7.43. The maximum absolute atomic E-state index is 12.1. The summed E-state index contributed by atoms with van der Waals surface area (Å²) in [7, 11) is 0. The molecule has 1 unspecified atom stereocenters. The molecular weight excluding hydrogens is 262 g/mol. The summed E-state index contributed by atoms with van der Waals surface area (Å²) in [5, 5.41) is 2.93. The molecule has 4 nitrogen and oxygen atoms in total. The largest absolute Gasteiger partial charge is 0.368 e. The molecule has 1 amide bonds. The van der Waals surface area contributed by atoms with Crippen molar-refractivity contribution in [3.8, 4) is 0 Å². The van der Waals surface area contributed by atoms with Crippen molar-refractivity contribution in [1.82, 2.24) is 10.3 Å². The van der Waals surface area contributed by atoms with Crippen LogP contribution in [0, 0.1) is 5.92 Å². The van der Waals surface area contributed by atoms with E-state index in [0.29, 0.717) is 24.2 Å². The molecule has 0 bridgehead atoms. The van der Waals surface area contributed by atoms with Crippen LogP contribution in [0.25, 0.3) is 0 Å². The monoisotopic (exact) mass is 289 g/mol. The van der Waals surface area contributed by atoms with Gasteiger partial charge in [-0.15, -0.1) is 0 Å². The van der Waals surface area contributed by atoms with E-state index in [1.165, 1.54) is 19.3 Å². The lowest BCUT2D eigenvalue weighted by molar-refractivity contribution is 0.0944. The lowest BCUT2D eigenvalue weighted by atomic mass is 9.99. The van der Waals surface area contributed by atoms with E-state index in [1.807, 2.05) is 12.1 Å². The minimum atomic E-state index is -0.0735. The van der Waals surface area contributed by atoms with E-state index in [2.05, 4.69) is 36.0 Å². The van der Waals surface area contributed by atoms with Crippen LogP contribution >= 0.6 is 0 Å². The predicted molar refractivity (Wildman–Crippen MR) is 86.7 cm³/mol. The van der Waals surface area contributed by atoms with Gasteiger partial charge in [0.15, 0.2) is 0 Å². The minimum Gasteiger partial charge on any atom is -0.368 e. The third-order valence-corrected chi connectivity index (χ3v) is 4.08. The molecule has 1 N–H and O–H groups in total. The summed E-state index contributed by atoms with van der Waals surface area (Å²) < 4.78 is 0. The third-order valence-electron chi connectivity index (χ3n) is 4.08. The van der Waals surface area contributed by atoms with Crippen LogP contribution < -0.4 is 10.2 Å². The van der Waals surface area contributed by atoms with Gasteiger partial charge >= 0.3 is 0 Å². The highest BCUT2D eigenvalue weighted by Crippen LogP contribution is 2.26. The fourth-order valence-electron chi connectivity index (χ4n) is 2.87. The Morgan fingerprint density at radius 2 is 2.29 bits per heavy atom. The number of nitrogens with one attached hydrogen (secondary N) is 1. The number of carbonyl (C=O) groups is 1. The van der Waals surface area contributed by atoms with Crippen LogP contribution in [-0.4, -0.2) is 30.0 Å². The van der Waals surface area contributed by atoms with Gasteiger partial charge in [0.1, 0.15) is 5.69 Å². The van der Waals surface area contributed by atoms with E-state index in [1.54, 1.807) is 6.20 Å². The molecule has 1 fully saturated rings. The van der Waals surface area contributed by atoms with Crippen molar-refractivity contribution in [2.24, 2.45) is 5.92 Å². The Balaban J connectivity index is 2.11. The highest BCUT2D eigenvalue weighted by atomic mass is 16.1. The average molecular weight is 289 g/mol. The molecular formula is C17H27N3O. The Kier molecular flexibility index (Phi) is 5.59. The molecule has 1 aliphatic rings. The molecule has 0 radical (unpaired) electrons. The molecule has 1 saturated heterocycles. The van der Waals surface area contributed by atoms with E-state index < -0.39 is 0 Å². The van der Waals surface area contributed by atoms with Crippen molar-refractivity contribution in [2.45, 2.75) is 52.5 Å². The maximum atomic E-state index is 12.1. The number of aromatic nitrogens is 1. The number of rotatable bonds is 5. The van der Waals surface area contributed by atoms with E-state index in [-0.39, 0.29) is 5.91 Å². The molecule has 2 heterocycles. The van der Waals surface area contributed by atoms with Gasteiger partial charge in [-0.3, -0.25) is 9.78 Å². The summed E-state index contributed by atoms with van der Waals surface area (Å²) in [4.78, 5) is 18.8. The summed E-state index contributed by atoms with van der Waals surface area (Å²) in [5.74, 6) is 0.374. The highest BCUT2D eigenvalue weighted by molar-refractivity contribution is 5.93. The third kappa shape index (κ3) is 4.19. The Morgan fingerprint density at radius 3 is 3.00 bits per heavy atom. The molecule has 1 aromatic rings. The van der Waals surface area contributed by atoms with Gasteiger partial charge in [-0.25, -0.2) is 0 Å².